The molecule has 0 amide bonds. The van der Waals surface area contributed by atoms with Crippen LogP contribution in [0.2, 0.25) is 5.02 Å². The highest BCUT2D eigenvalue weighted by atomic mass is 35.5. The van der Waals surface area contributed by atoms with Gasteiger partial charge in [0.2, 0.25) is 0 Å². The van der Waals surface area contributed by atoms with Gasteiger partial charge in [-0.25, -0.2) is 0 Å². The zero-order valence-electron chi connectivity index (χ0n) is 11.7. The van der Waals surface area contributed by atoms with Crippen LogP contribution in [0.3, 0.4) is 0 Å². The molecule has 2 aromatic carbocycles. The maximum atomic E-state index is 10.8. The van der Waals surface area contributed by atoms with Gasteiger partial charge < -0.3 is 10.1 Å². The normalized spacial score (nSPS) is 10.4. The summed E-state index contributed by atoms with van der Waals surface area (Å²) in [5, 5.41) is 14.4. The van der Waals surface area contributed by atoms with Crippen LogP contribution in [0, 0.1) is 17.0 Å². The van der Waals surface area contributed by atoms with E-state index in [1.807, 2.05) is 13.1 Å². The van der Waals surface area contributed by atoms with E-state index in [0.717, 1.165) is 5.56 Å². The summed E-state index contributed by atoms with van der Waals surface area (Å²) in [4.78, 5) is 10.4. The van der Waals surface area contributed by atoms with Gasteiger partial charge in [0.1, 0.15) is 11.5 Å². The number of aryl methyl sites for hydroxylation is 1. The largest absolute Gasteiger partial charge is 0.457 e. The quantitative estimate of drug-likeness (QED) is 0.668. The van der Waals surface area contributed by atoms with Crippen LogP contribution in [0.5, 0.6) is 11.5 Å². The fourth-order valence-electron chi connectivity index (χ4n) is 1.98. The summed E-state index contributed by atoms with van der Waals surface area (Å²) < 4.78 is 5.81. The summed E-state index contributed by atoms with van der Waals surface area (Å²) in [7, 11) is 1.84. The number of nitro groups is 1. The minimum atomic E-state index is -0.412. The van der Waals surface area contributed by atoms with Gasteiger partial charge in [0.15, 0.2) is 0 Å². The Labute approximate surface area is 127 Å². The molecular formula is C15H15ClN2O3. The van der Waals surface area contributed by atoms with E-state index in [-0.39, 0.29) is 5.69 Å². The van der Waals surface area contributed by atoms with Crippen molar-refractivity contribution >= 4 is 17.3 Å². The number of ether oxygens (including phenoxy) is 1. The van der Waals surface area contributed by atoms with Crippen molar-refractivity contribution in [1.29, 1.82) is 0 Å². The predicted octanol–water partition coefficient (Wildman–Crippen LogP) is 4.07. The summed E-state index contributed by atoms with van der Waals surface area (Å²) in [5.41, 5.74) is 1.58. The van der Waals surface area contributed by atoms with Crippen molar-refractivity contribution in [1.82, 2.24) is 5.32 Å². The van der Waals surface area contributed by atoms with Gasteiger partial charge in [-0.3, -0.25) is 10.1 Å². The molecule has 0 radical (unpaired) electrons. The van der Waals surface area contributed by atoms with Crippen molar-refractivity contribution in [3.63, 3.8) is 0 Å². The molecule has 0 fully saturated rings. The molecule has 0 atom stereocenters. The molecule has 0 saturated heterocycles. The SMILES string of the molecule is CNCc1ccc(Cl)cc1Oc1ccc([N+](=O)[O-])c(C)c1. The fourth-order valence-corrected chi connectivity index (χ4v) is 2.15. The van der Waals surface area contributed by atoms with E-state index in [9.17, 15) is 10.1 Å². The van der Waals surface area contributed by atoms with E-state index in [0.29, 0.717) is 28.6 Å². The van der Waals surface area contributed by atoms with E-state index in [1.165, 1.54) is 6.07 Å². The number of nitro benzene ring substituents is 1. The van der Waals surface area contributed by atoms with Crippen molar-refractivity contribution in [2.45, 2.75) is 13.5 Å². The topological polar surface area (TPSA) is 64.4 Å². The predicted molar refractivity (Wildman–Crippen MR) is 82.1 cm³/mol. The van der Waals surface area contributed by atoms with Crippen LogP contribution in [-0.2, 0) is 6.54 Å². The third kappa shape index (κ3) is 3.71. The van der Waals surface area contributed by atoms with E-state index in [2.05, 4.69) is 5.32 Å². The number of nitrogens with one attached hydrogen (secondary N) is 1. The highest BCUT2D eigenvalue weighted by Gasteiger charge is 2.12. The van der Waals surface area contributed by atoms with E-state index in [1.54, 1.807) is 31.2 Å². The Morgan fingerprint density at radius 1 is 1.29 bits per heavy atom. The molecule has 5 nitrogen and oxygen atoms in total. The van der Waals surface area contributed by atoms with Gasteiger partial charge >= 0.3 is 0 Å². The number of hydrogen-bond acceptors (Lipinski definition) is 4. The Kier molecular flexibility index (Phi) is 4.77. The van der Waals surface area contributed by atoms with E-state index >= 15 is 0 Å². The smallest absolute Gasteiger partial charge is 0.272 e. The number of benzene rings is 2. The highest BCUT2D eigenvalue weighted by Crippen LogP contribution is 2.31. The Morgan fingerprint density at radius 2 is 2.05 bits per heavy atom. The zero-order chi connectivity index (χ0) is 15.4. The van der Waals surface area contributed by atoms with Gasteiger partial charge in [-0.1, -0.05) is 17.7 Å². The van der Waals surface area contributed by atoms with E-state index in [4.69, 9.17) is 16.3 Å². The number of hydrogen-bond donors (Lipinski definition) is 1. The minimum absolute atomic E-state index is 0.0730. The summed E-state index contributed by atoms with van der Waals surface area (Å²) >= 11 is 5.99. The Morgan fingerprint density at radius 3 is 2.67 bits per heavy atom. The lowest BCUT2D eigenvalue weighted by molar-refractivity contribution is -0.385. The fraction of sp³-hybridized carbons (Fsp3) is 0.200. The molecule has 1 N–H and O–H groups in total. The number of halogens is 1. The average molecular weight is 307 g/mol. The first-order chi connectivity index (χ1) is 10.0. The Bertz CT molecular complexity index is 674. The molecule has 110 valence electrons. The second-order valence-electron chi connectivity index (χ2n) is 4.59. The molecule has 2 aromatic rings. The second-order valence-corrected chi connectivity index (χ2v) is 5.03. The van der Waals surface area contributed by atoms with Gasteiger partial charge in [-0.2, -0.15) is 0 Å². The maximum absolute atomic E-state index is 10.8. The van der Waals surface area contributed by atoms with Gasteiger partial charge in [0.25, 0.3) is 5.69 Å². The van der Waals surface area contributed by atoms with Crippen LogP contribution in [0.1, 0.15) is 11.1 Å². The van der Waals surface area contributed by atoms with Gasteiger partial charge in [-0.15, -0.1) is 0 Å². The summed E-state index contributed by atoms with van der Waals surface area (Å²) in [6.45, 7) is 2.32. The van der Waals surface area contributed by atoms with Crippen LogP contribution in [0.4, 0.5) is 5.69 Å². The summed E-state index contributed by atoms with van der Waals surface area (Å²) in [6, 6.07) is 10.1. The van der Waals surface area contributed by atoms with Crippen LogP contribution in [0.25, 0.3) is 0 Å². The van der Waals surface area contributed by atoms with Crippen LogP contribution < -0.4 is 10.1 Å². The average Bonchev–Trinajstić information content (AvgIpc) is 2.41. The lowest BCUT2D eigenvalue weighted by Crippen LogP contribution is -2.06. The molecular weight excluding hydrogens is 292 g/mol. The first-order valence-electron chi connectivity index (χ1n) is 6.37. The van der Waals surface area contributed by atoms with Crippen molar-refractivity contribution in [3.05, 3.63) is 62.7 Å². The third-order valence-corrected chi connectivity index (χ3v) is 3.22. The molecule has 0 aromatic heterocycles. The molecule has 0 aliphatic carbocycles. The highest BCUT2D eigenvalue weighted by molar-refractivity contribution is 6.30. The van der Waals surface area contributed by atoms with Gasteiger partial charge in [0.05, 0.1) is 4.92 Å². The third-order valence-electron chi connectivity index (χ3n) is 2.99. The lowest BCUT2D eigenvalue weighted by atomic mass is 10.2. The molecule has 0 bridgehead atoms. The van der Waals surface area contributed by atoms with Gasteiger partial charge in [-0.05, 0) is 38.2 Å². The number of rotatable bonds is 5. The molecule has 0 saturated carbocycles. The van der Waals surface area contributed by atoms with Crippen LogP contribution in [-0.4, -0.2) is 12.0 Å². The monoisotopic (exact) mass is 306 g/mol. The molecule has 21 heavy (non-hydrogen) atoms. The summed E-state index contributed by atoms with van der Waals surface area (Å²) in [5.74, 6) is 1.17. The molecule has 2 rings (SSSR count). The Hall–Kier alpha value is -2.11. The molecule has 0 aliphatic heterocycles. The molecule has 0 aliphatic rings. The zero-order valence-corrected chi connectivity index (χ0v) is 12.5. The standard InChI is InChI=1S/C15H15ClN2O3/c1-10-7-13(5-6-14(10)18(19)20)21-15-8-12(16)4-3-11(15)9-17-2/h3-8,17H,9H2,1-2H3. The first kappa shape index (κ1) is 15.3. The maximum Gasteiger partial charge on any atom is 0.272 e. The molecule has 0 spiro atoms. The van der Waals surface area contributed by atoms with Crippen molar-refractivity contribution in [2.24, 2.45) is 0 Å². The van der Waals surface area contributed by atoms with Crippen molar-refractivity contribution in [2.75, 3.05) is 7.05 Å². The molecule has 6 heteroatoms. The van der Waals surface area contributed by atoms with Gasteiger partial charge in [0, 0.05) is 28.8 Å². The van der Waals surface area contributed by atoms with Crippen LogP contribution >= 0.6 is 11.6 Å². The molecule has 0 unspecified atom stereocenters. The first-order valence-corrected chi connectivity index (χ1v) is 6.75. The lowest BCUT2D eigenvalue weighted by Gasteiger charge is -2.12. The van der Waals surface area contributed by atoms with Crippen LogP contribution in [0.15, 0.2) is 36.4 Å². The summed E-state index contributed by atoms with van der Waals surface area (Å²) in [6.07, 6.45) is 0. The molecule has 0 heterocycles. The second kappa shape index (κ2) is 6.56. The minimum Gasteiger partial charge on any atom is -0.457 e. The number of nitrogens with zero attached hydrogens (tertiary/aromatic N) is 1. The van der Waals surface area contributed by atoms with Crippen molar-refractivity contribution in [3.8, 4) is 11.5 Å². The Balaban J connectivity index is 2.31. The van der Waals surface area contributed by atoms with E-state index < -0.39 is 4.92 Å². The van der Waals surface area contributed by atoms with Crippen molar-refractivity contribution < 1.29 is 9.66 Å².